The molecule has 1 N–H and O–H groups in total. The Balaban J connectivity index is 1.64. The number of hydrogen-bond acceptors (Lipinski definition) is 5. The highest BCUT2D eigenvalue weighted by atomic mass is 16.7. The first kappa shape index (κ1) is 12.9. The van der Waals surface area contributed by atoms with Gasteiger partial charge in [0.25, 0.3) is 5.91 Å². The van der Waals surface area contributed by atoms with Crippen molar-refractivity contribution in [3.05, 3.63) is 53.3 Å². The largest absolute Gasteiger partial charge is 0.454 e. The summed E-state index contributed by atoms with van der Waals surface area (Å²) in [5, 5.41) is 11.4. The molecular formula is C15H11N3O3. The third-order valence-corrected chi connectivity index (χ3v) is 3.02. The second-order valence-electron chi connectivity index (χ2n) is 4.41. The van der Waals surface area contributed by atoms with Gasteiger partial charge >= 0.3 is 0 Å². The third-order valence-electron chi connectivity index (χ3n) is 3.02. The SMILES string of the molecule is N#Cc1ccc(C(=O)NCc2ccc3c(c2)OCO3)nc1. The molecule has 3 rings (SSSR count). The van der Waals surface area contributed by atoms with E-state index >= 15 is 0 Å². The monoisotopic (exact) mass is 281 g/mol. The minimum atomic E-state index is -0.294. The second-order valence-corrected chi connectivity index (χ2v) is 4.41. The van der Waals surface area contributed by atoms with Crippen molar-refractivity contribution in [2.45, 2.75) is 6.54 Å². The summed E-state index contributed by atoms with van der Waals surface area (Å²) in [5.74, 6) is 1.09. The molecule has 21 heavy (non-hydrogen) atoms. The van der Waals surface area contributed by atoms with Crippen LogP contribution >= 0.6 is 0 Å². The lowest BCUT2D eigenvalue weighted by Gasteiger charge is -2.06. The maximum atomic E-state index is 11.9. The van der Waals surface area contributed by atoms with Crippen molar-refractivity contribution in [1.82, 2.24) is 10.3 Å². The molecule has 0 saturated carbocycles. The first-order chi connectivity index (χ1) is 10.3. The smallest absolute Gasteiger partial charge is 0.270 e. The van der Waals surface area contributed by atoms with Crippen LogP contribution in [0.3, 0.4) is 0 Å². The molecule has 6 heteroatoms. The zero-order valence-corrected chi connectivity index (χ0v) is 11.0. The molecule has 1 aromatic carbocycles. The fourth-order valence-corrected chi connectivity index (χ4v) is 1.92. The number of carbonyl (C=O) groups excluding carboxylic acids is 1. The van der Waals surface area contributed by atoms with E-state index in [2.05, 4.69) is 10.3 Å². The number of benzene rings is 1. The van der Waals surface area contributed by atoms with Crippen molar-refractivity contribution >= 4 is 5.91 Å². The van der Waals surface area contributed by atoms with Gasteiger partial charge in [0, 0.05) is 12.7 Å². The number of rotatable bonds is 3. The summed E-state index contributed by atoms with van der Waals surface area (Å²) in [7, 11) is 0. The van der Waals surface area contributed by atoms with Gasteiger partial charge in [0.2, 0.25) is 6.79 Å². The van der Waals surface area contributed by atoms with Crippen LogP contribution in [0.1, 0.15) is 21.6 Å². The van der Waals surface area contributed by atoms with Crippen LogP contribution in [-0.4, -0.2) is 17.7 Å². The van der Waals surface area contributed by atoms with Crippen LogP contribution in [0.2, 0.25) is 0 Å². The Morgan fingerprint density at radius 2 is 2.14 bits per heavy atom. The van der Waals surface area contributed by atoms with Crippen LogP contribution < -0.4 is 14.8 Å². The Kier molecular flexibility index (Phi) is 3.39. The average molecular weight is 281 g/mol. The minimum Gasteiger partial charge on any atom is -0.454 e. The number of nitrogens with one attached hydrogen (secondary N) is 1. The zero-order valence-electron chi connectivity index (χ0n) is 11.0. The molecule has 2 aromatic rings. The van der Waals surface area contributed by atoms with Crippen LogP contribution in [0.15, 0.2) is 36.5 Å². The molecule has 1 amide bonds. The van der Waals surface area contributed by atoms with Gasteiger partial charge in [-0.1, -0.05) is 6.07 Å². The fourth-order valence-electron chi connectivity index (χ4n) is 1.92. The van der Waals surface area contributed by atoms with Crippen molar-refractivity contribution in [3.63, 3.8) is 0 Å². The van der Waals surface area contributed by atoms with Gasteiger partial charge in [-0.3, -0.25) is 4.79 Å². The normalized spacial score (nSPS) is 11.8. The summed E-state index contributed by atoms with van der Waals surface area (Å²) in [4.78, 5) is 15.9. The van der Waals surface area contributed by atoms with E-state index in [0.717, 1.165) is 5.56 Å². The number of nitriles is 1. The van der Waals surface area contributed by atoms with Crippen molar-refractivity contribution in [3.8, 4) is 17.6 Å². The molecule has 0 radical (unpaired) electrons. The zero-order chi connectivity index (χ0) is 14.7. The molecule has 0 unspecified atom stereocenters. The summed E-state index contributed by atoms with van der Waals surface area (Å²) >= 11 is 0. The van der Waals surface area contributed by atoms with Gasteiger partial charge in [0.15, 0.2) is 11.5 Å². The number of nitrogens with zero attached hydrogens (tertiary/aromatic N) is 2. The molecule has 1 aliphatic rings. The molecule has 0 spiro atoms. The van der Waals surface area contributed by atoms with Crippen molar-refractivity contribution < 1.29 is 14.3 Å². The van der Waals surface area contributed by atoms with Crippen molar-refractivity contribution in [1.29, 1.82) is 5.26 Å². The topological polar surface area (TPSA) is 84.2 Å². The summed E-state index contributed by atoms with van der Waals surface area (Å²) < 4.78 is 10.5. The molecule has 2 heterocycles. The summed E-state index contributed by atoms with van der Waals surface area (Å²) in [6, 6.07) is 10.5. The highest BCUT2D eigenvalue weighted by Crippen LogP contribution is 2.32. The predicted octanol–water partition coefficient (Wildman–Crippen LogP) is 1.61. The van der Waals surface area contributed by atoms with E-state index in [0.29, 0.717) is 23.6 Å². The molecular weight excluding hydrogens is 270 g/mol. The number of aromatic nitrogens is 1. The predicted molar refractivity (Wildman–Crippen MR) is 72.7 cm³/mol. The van der Waals surface area contributed by atoms with Gasteiger partial charge in [-0.25, -0.2) is 4.98 Å². The Labute approximate surface area is 120 Å². The second kappa shape index (κ2) is 5.51. The van der Waals surface area contributed by atoms with Gasteiger partial charge < -0.3 is 14.8 Å². The van der Waals surface area contributed by atoms with Gasteiger partial charge in [-0.15, -0.1) is 0 Å². The number of amides is 1. The van der Waals surface area contributed by atoms with Crippen LogP contribution in [0.4, 0.5) is 0 Å². The fraction of sp³-hybridized carbons (Fsp3) is 0.133. The first-order valence-corrected chi connectivity index (χ1v) is 6.29. The van der Waals surface area contributed by atoms with Gasteiger partial charge in [-0.2, -0.15) is 5.26 Å². The van der Waals surface area contributed by atoms with E-state index in [1.807, 2.05) is 24.3 Å². The quantitative estimate of drug-likeness (QED) is 0.924. The van der Waals surface area contributed by atoms with Crippen molar-refractivity contribution in [2.24, 2.45) is 0 Å². The molecule has 6 nitrogen and oxygen atoms in total. The number of pyridine rings is 1. The number of hydrogen-bond donors (Lipinski definition) is 1. The number of carbonyl (C=O) groups is 1. The van der Waals surface area contributed by atoms with Gasteiger partial charge in [0.05, 0.1) is 5.56 Å². The Morgan fingerprint density at radius 3 is 2.90 bits per heavy atom. The molecule has 104 valence electrons. The Bertz CT molecular complexity index is 720. The lowest BCUT2D eigenvalue weighted by molar-refractivity contribution is 0.0946. The summed E-state index contributed by atoms with van der Waals surface area (Å²) in [6.07, 6.45) is 1.37. The first-order valence-electron chi connectivity index (χ1n) is 6.29. The van der Waals surface area contributed by atoms with E-state index in [4.69, 9.17) is 14.7 Å². The molecule has 0 saturated heterocycles. The lowest BCUT2D eigenvalue weighted by atomic mass is 10.2. The summed E-state index contributed by atoms with van der Waals surface area (Å²) in [5.41, 5.74) is 1.60. The van der Waals surface area contributed by atoms with Gasteiger partial charge in [0.1, 0.15) is 11.8 Å². The van der Waals surface area contributed by atoms with Crippen LogP contribution in [0.25, 0.3) is 0 Å². The molecule has 0 atom stereocenters. The number of fused-ring (bicyclic) bond motifs is 1. The van der Waals surface area contributed by atoms with E-state index in [-0.39, 0.29) is 18.4 Å². The maximum Gasteiger partial charge on any atom is 0.270 e. The molecule has 1 aromatic heterocycles. The van der Waals surface area contributed by atoms with E-state index < -0.39 is 0 Å². The molecule has 0 fully saturated rings. The van der Waals surface area contributed by atoms with Crippen LogP contribution in [0.5, 0.6) is 11.5 Å². The lowest BCUT2D eigenvalue weighted by Crippen LogP contribution is -2.23. The molecule has 0 bridgehead atoms. The standard InChI is InChI=1S/C15H11N3O3/c16-6-11-1-3-12(17-8-11)15(19)18-7-10-2-4-13-14(5-10)21-9-20-13/h1-5,8H,7,9H2,(H,18,19). The third kappa shape index (κ3) is 2.77. The highest BCUT2D eigenvalue weighted by molar-refractivity contribution is 5.92. The maximum absolute atomic E-state index is 11.9. The summed E-state index contributed by atoms with van der Waals surface area (Å²) in [6.45, 7) is 0.581. The van der Waals surface area contributed by atoms with Crippen molar-refractivity contribution in [2.75, 3.05) is 6.79 Å². The van der Waals surface area contributed by atoms with E-state index in [1.165, 1.54) is 12.3 Å². The molecule has 0 aliphatic carbocycles. The van der Waals surface area contributed by atoms with Crippen LogP contribution in [0, 0.1) is 11.3 Å². The number of ether oxygens (including phenoxy) is 2. The van der Waals surface area contributed by atoms with Gasteiger partial charge in [-0.05, 0) is 29.8 Å². The van der Waals surface area contributed by atoms with E-state index in [1.54, 1.807) is 6.07 Å². The minimum absolute atomic E-state index is 0.223. The molecule has 1 aliphatic heterocycles. The Morgan fingerprint density at radius 1 is 1.29 bits per heavy atom. The Hall–Kier alpha value is -3.07. The average Bonchev–Trinajstić information content (AvgIpc) is 3.00. The highest BCUT2D eigenvalue weighted by Gasteiger charge is 2.13. The van der Waals surface area contributed by atoms with Crippen LogP contribution in [-0.2, 0) is 6.54 Å². The van der Waals surface area contributed by atoms with E-state index in [9.17, 15) is 4.79 Å².